The number of nitrogens with one attached hydrogen (secondary N) is 2. The van der Waals surface area contributed by atoms with Crippen molar-refractivity contribution in [2.24, 2.45) is 0 Å². The van der Waals surface area contributed by atoms with Gasteiger partial charge in [0.1, 0.15) is 5.82 Å². The molecule has 0 unspecified atom stereocenters. The third-order valence-electron chi connectivity index (χ3n) is 4.94. The molecule has 8 heteroatoms. The molecule has 0 bridgehead atoms. The maximum absolute atomic E-state index is 12.5. The fourth-order valence-electron chi connectivity index (χ4n) is 3.23. The first-order chi connectivity index (χ1) is 13.5. The number of carbonyl (C=O) groups excluding carboxylic acids is 2. The van der Waals surface area contributed by atoms with Gasteiger partial charge in [-0.25, -0.2) is 4.68 Å². The summed E-state index contributed by atoms with van der Waals surface area (Å²) in [4.78, 5) is 27.0. The Kier molecular flexibility index (Phi) is 6.74. The van der Waals surface area contributed by atoms with Crippen molar-refractivity contribution in [1.29, 1.82) is 0 Å². The third-order valence-corrected chi connectivity index (χ3v) is 5.91. The van der Waals surface area contributed by atoms with E-state index in [9.17, 15) is 9.59 Å². The van der Waals surface area contributed by atoms with E-state index in [0.29, 0.717) is 12.4 Å². The number of amides is 2. The number of carbonyl (C=O) groups is 2. The van der Waals surface area contributed by atoms with Crippen LogP contribution in [0, 0.1) is 6.92 Å². The Balaban J connectivity index is 1.74. The monoisotopic (exact) mass is 401 g/mol. The minimum absolute atomic E-state index is 0.443. The molecule has 0 saturated heterocycles. The first kappa shape index (κ1) is 20.4. The predicted octanol–water partition coefficient (Wildman–Crippen LogP) is 2.32. The van der Waals surface area contributed by atoms with Crippen LogP contribution in [-0.4, -0.2) is 52.7 Å². The van der Waals surface area contributed by atoms with Crippen LogP contribution in [0.1, 0.15) is 30.7 Å². The highest BCUT2D eigenvalue weighted by Crippen LogP contribution is 2.36. The summed E-state index contributed by atoms with van der Waals surface area (Å²) in [5.41, 5.74) is 3.91. The van der Waals surface area contributed by atoms with Crippen molar-refractivity contribution >= 4 is 29.4 Å². The van der Waals surface area contributed by atoms with E-state index in [1.807, 2.05) is 31.2 Å². The molecule has 28 heavy (non-hydrogen) atoms. The van der Waals surface area contributed by atoms with Crippen LogP contribution in [0.3, 0.4) is 0 Å². The van der Waals surface area contributed by atoms with Crippen molar-refractivity contribution in [2.75, 3.05) is 31.5 Å². The summed E-state index contributed by atoms with van der Waals surface area (Å²) in [5.74, 6) is 0.907. The lowest BCUT2D eigenvalue weighted by molar-refractivity contribution is -0.136. The number of aromatic nitrogens is 2. The van der Waals surface area contributed by atoms with Gasteiger partial charge in [-0.2, -0.15) is 16.9 Å². The van der Waals surface area contributed by atoms with Gasteiger partial charge in [-0.05, 0) is 31.6 Å². The molecular weight excluding hydrogens is 374 g/mol. The Morgan fingerprint density at radius 1 is 1.18 bits per heavy atom. The molecule has 7 nitrogen and oxygen atoms in total. The minimum Gasteiger partial charge on any atom is -0.347 e. The second kappa shape index (κ2) is 9.25. The molecule has 0 radical (unpaired) electrons. The first-order valence-corrected chi connectivity index (χ1v) is 10.8. The Bertz CT molecular complexity index is 860. The number of aryl methyl sites for hydroxylation is 1. The van der Waals surface area contributed by atoms with Crippen molar-refractivity contribution in [1.82, 2.24) is 20.0 Å². The van der Waals surface area contributed by atoms with Crippen LogP contribution in [0.5, 0.6) is 0 Å². The van der Waals surface area contributed by atoms with Crippen LogP contribution in [0.25, 0.3) is 5.69 Å². The summed E-state index contributed by atoms with van der Waals surface area (Å²) in [5, 5.41) is 10.2. The number of thioether (sulfide) groups is 1. The lowest BCUT2D eigenvalue weighted by Crippen LogP contribution is -2.40. The fourth-order valence-corrected chi connectivity index (χ4v) is 4.26. The molecule has 0 saturated carbocycles. The second-order valence-electron chi connectivity index (χ2n) is 6.70. The largest absolute Gasteiger partial charge is 0.347 e. The summed E-state index contributed by atoms with van der Waals surface area (Å²) in [6, 6.07) is 7.87. The van der Waals surface area contributed by atoms with Gasteiger partial charge in [-0.1, -0.05) is 32.0 Å². The van der Waals surface area contributed by atoms with Crippen molar-refractivity contribution < 1.29 is 9.59 Å². The molecule has 1 aromatic heterocycles. The number of likely N-dealkylation sites (N-methyl/N-ethyl adjacent to an activating group) is 1. The van der Waals surface area contributed by atoms with Crippen molar-refractivity contribution in [2.45, 2.75) is 32.3 Å². The van der Waals surface area contributed by atoms with E-state index >= 15 is 0 Å². The maximum Gasteiger partial charge on any atom is 0.314 e. The topological polar surface area (TPSA) is 79.3 Å². The number of fused-ring (bicyclic) bond motifs is 1. The molecule has 0 atom stereocenters. The molecule has 2 amide bonds. The van der Waals surface area contributed by atoms with Gasteiger partial charge in [0.2, 0.25) is 0 Å². The van der Waals surface area contributed by atoms with Crippen LogP contribution < -0.4 is 10.6 Å². The molecule has 2 heterocycles. The number of hydrogen-bond acceptors (Lipinski definition) is 5. The summed E-state index contributed by atoms with van der Waals surface area (Å²) in [6.45, 7) is 9.14. The number of rotatable bonds is 7. The SMILES string of the molecule is CCN(CC)CCNC(=O)C(=O)Nc1c2c(nn1-c1ccccc1C)CSC2. The van der Waals surface area contributed by atoms with E-state index in [4.69, 9.17) is 0 Å². The highest BCUT2D eigenvalue weighted by molar-refractivity contribution is 7.98. The molecule has 1 aromatic carbocycles. The van der Waals surface area contributed by atoms with E-state index in [2.05, 4.69) is 34.5 Å². The summed E-state index contributed by atoms with van der Waals surface area (Å²) >= 11 is 1.76. The number of para-hydroxylation sites is 1. The zero-order valence-electron chi connectivity index (χ0n) is 16.6. The number of anilines is 1. The molecule has 2 aromatic rings. The van der Waals surface area contributed by atoms with Crippen molar-refractivity contribution in [3.05, 3.63) is 41.1 Å². The average Bonchev–Trinajstić information content (AvgIpc) is 3.28. The summed E-state index contributed by atoms with van der Waals surface area (Å²) in [7, 11) is 0. The van der Waals surface area contributed by atoms with Gasteiger partial charge in [0, 0.05) is 30.2 Å². The molecule has 150 valence electrons. The molecule has 1 aliphatic rings. The van der Waals surface area contributed by atoms with E-state index in [0.717, 1.165) is 53.6 Å². The third kappa shape index (κ3) is 4.39. The fraction of sp³-hybridized carbons (Fsp3) is 0.450. The highest BCUT2D eigenvalue weighted by atomic mass is 32.2. The van der Waals surface area contributed by atoms with Crippen LogP contribution in [-0.2, 0) is 21.1 Å². The van der Waals surface area contributed by atoms with Crippen LogP contribution >= 0.6 is 11.8 Å². The molecule has 1 aliphatic heterocycles. The van der Waals surface area contributed by atoms with Crippen molar-refractivity contribution in [3.8, 4) is 5.69 Å². The number of hydrogen-bond donors (Lipinski definition) is 2. The van der Waals surface area contributed by atoms with Crippen LogP contribution in [0.4, 0.5) is 5.82 Å². The molecule has 2 N–H and O–H groups in total. The lowest BCUT2D eigenvalue weighted by atomic mass is 10.2. The quantitative estimate of drug-likeness (QED) is 0.696. The molecular formula is C20H27N5O2S. The van der Waals surface area contributed by atoms with Crippen LogP contribution in [0.15, 0.2) is 24.3 Å². The first-order valence-electron chi connectivity index (χ1n) is 9.61. The Morgan fingerprint density at radius 2 is 1.93 bits per heavy atom. The second-order valence-corrected chi connectivity index (χ2v) is 7.69. The van der Waals surface area contributed by atoms with Gasteiger partial charge < -0.3 is 15.5 Å². The molecule has 0 spiro atoms. The van der Waals surface area contributed by atoms with E-state index in [-0.39, 0.29) is 0 Å². The van der Waals surface area contributed by atoms with Gasteiger partial charge in [0.05, 0.1) is 11.4 Å². The summed E-state index contributed by atoms with van der Waals surface area (Å²) < 4.78 is 1.75. The normalized spacial score (nSPS) is 12.9. The zero-order chi connectivity index (χ0) is 20.1. The summed E-state index contributed by atoms with van der Waals surface area (Å²) in [6.07, 6.45) is 0. The minimum atomic E-state index is -0.658. The van der Waals surface area contributed by atoms with E-state index in [1.165, 1.54) is 0 Å². The Labute approximate surface area is 169 Å². The zero-order valence-corrected chi connectivity index (χ0v) is 17.4. The van der Waals surface area contributed by atoms with Gasteiger partial charge in [0.25, 0.3) is 0 Å². The highest BCUT2D eigenvalue weighted by Gasteiger charge is 2.26. The van der Waals surface area contributed by atoms with Crippen LogP contribution in [0.2, 0.25) is 0 Å². The number of benzene rings is 1. The Morgan fingerprint density at radius 3 is 2.64 bits per heavy atom. The molecule has 0 aliphatic carbocycles. The predicted molar refractivity (Wildman–Crippen MR) is 113 cm³/mol. The average molecular weight is 402 g/mol. The molecule has 3 rings (SSSR count). The van der Waals surface area contributed by atoms with Gasteiger partial charge in [-0.3, -0.25) is 9.59 Å². The smallest absolute Gasteiger partial charge is 0.314 e. The lowest BCUT2D eigenvalue weighted by Gasteiger charge is -2.18. The van der Waals surface area contributed by atoms with E-state index in [1.54, 1.807) is 16.4 Å². The standard InChI is InChI=1S/C20H27N5O2S/c1-4-24(5-2)11-10-21-19(26)20(27)22-18-15-12-28-13-16(15)23-25(18)17-9-7-6-8-14(17)3/h6-9H,4-5,10-13H2,1-3H3,(H,21,26)(H,22,27). The maximum atomic E-state index is 12.5. The molecule has 0 fully saturated rings. The van der Waals surface area contributed by atoms with Gasteiger partial charge >= 0.3 is 11.8 Å². The van der Waals surface area contributed by atoms with Gasteiger partial charge in [-0.15, -0.1) is 0 Å². The van der Waals surface area contributed by atoms with E-state index < -0.39 is 11.8 Å². The Hall–Kier alpha value is -2.32. The van der Waals surface area contributed by atoms with Gasteiger partial charge in [0.15, 0.2) is 0 Å². The van der Waals surface area contributed by atoms with Crippen molar-refractivity contribution in [3.63, 3.8) is 0 Å². The number of nitrogens with zero attached hydrogens (tertiary/aromatic N) is 3.